The maximum Gasteiger partial charge on any atom is 0.270 e. The van der Waals surface area contributed by atoms with Crippen LogP contribution in [-0.4, -0.2) is 16.5 Å². The van der Waals surface area contributed by atoms with Crippen LogP contribution < -0.4 is 5.32 Å². The van der Waals surface area contributed by atoms with Crippen molar-refractivity contribution in [3.8, 4) is 0 Å². The van der Waals surface area contributed by atoms with E-state index in [-0.39, 0.29) is 10.6 Å². The molecular weight excluding hydrogens is 278 g/mol. The number of hydrogen-bond acceptors (Lipinski definition) is 4. The highest BCUT2D eigenvalue weighted by Crippen LogP contribution is 2.25. The average molecular weight is 293 g/mol. The second-order valence-electron chi connectivity index (χ2n) is 4.98. The largest absolute Gasteiger partial charge is 0.384 e. The lowest BCUT2D eigenvalue weighted by Gasteiger charge is -2.09. The Morgan fingerprint density at radius 1 is 1.09 bits per heavy atom. The van der Waals surface area contributed by atoms with Crippen molar-refractivity contribution in [3.63, 3.8) is 0 Å². The molecule has 110 valence electrons. The molecule has 0 radical (unpaired) electrons. The number of nitro benzene ring substituents is 1. The van der Waals surface area contributed by atoms with Crippen LogP contribution in [-0.2, 0) is 6.42 Å². The molecule has 3 aromatic rings. The summed E-state index contributed by atoms with van der Waals surface area (Å²) in [6.45, 7) is 0.756. The van der Waals surface area contributed by atoms with E-state index in [0.717, 1.165) is 29.6 Å². The van der Waals surface area contributed by atoms with E-state index in [1.807, 2.05) is 24.3 Å². The lowest BCUT2D eigenvalue weighted by Crippen LogP contribution is -2.05. The summed E-state index contributed by atoms with van der Waals surface area (Å²) in [6.07, 6.45) is 2.60. The van der Waals surface area contributed by atoms with Crippen LogP contribution in [0.2, 0.25) is 0 Å². The van der Waals surface area contributed by atoms with Crippen LogP contribution in [0.3, 0.4) is 0 Å². The number of fused-ring (bicyclic) bond motifs is 1. The summed E-state index contributed by atoms with van der Waals surface area (Å²) in [7, 11) is 0. The average Bonchev–Trinajstić information content (AvgIpc) is 2.55. The van der Waals surface area contributed by atoms with Gasteiger partial charge in [-0.05, 0) is 24.1 Å². The fourth-order valence-electron chi connectivity index (χ4n) is 2.39. The van der Waals surface area contributed by atoms with E-state index in [4.69, 9.17) is 0 Å². The van der Waals surface area contributed by atoms with Gasteiger partial charge in [-0.25, -0.2) is 0 Å². The highest BCUT2D eigenvalue weighted by Gasteiger charge is 2.09. The van der Waals surface area contributed by atoms with E-state index in [0.29, 0.717) is 0 Å². The molecule has 0 fully saturated rings. The van der Waals surface area contributed by atoms with Gasteiger partial charge in [0.05, 0.1) is 10.4 Å². The maximum atomic E-state index is 10.9. The zero-order valence-electron chi connectivity index (χ0n) is 11.9. The van der Waals surface area contributed by atoms with Crippen molar-refractivity contribution in [1.82, 2.24) is 4.98 Å². The summed E-state index contributed by atoms with van der Waals surface area (Å²) in [4.78, 5) is 14.8. The van der Waals surface area contributed by atoms with Gasteiger partial charge in [0, 0.05) is 35.9 Å². The second kappa shape index (κ2) is 6.22. The predicted octanol–water partition coefficient (Wildman–Crippen LogP) is 3.80. The number of anilines is 1. The molecule has 2 aromatic carbocycles. The lowest BCUT2D eigenvalue weighted by atomic mass is 10.1. The highest BCUT2D eigenvalue weighted by atomic mass is 16.6. The molecule has 0 saturated heterocycles. The Balaban J connectivity index is 1.80. The van der Waals surface area contributed by atoms with E-state index in [1.54, 1.807) is 18.3 Å². The van der Waals surface area contributed by atoms with Gasteiger partial charge < -0.3 is 5.32 Å². The van der Waals surface area contributed by atoms with Crippen molar-refractivity contribution >= 4 is 22.3 Å². The Morgan fingerprint density at radius 2 is 1.91 bits per heavy atom. The molecule has 0 aliphatic rings. The van der Waals surface area contributed by atoms with Crippen molar-refractivity contribution in [3.05, 3.63) is 76.5 Å². The van der Waals surface area contributed by atoms with E-state index < -0.39 is 0 Å². The van der Waals surface area contributed by atoms with Gasteiger partial charge in [0.25, 0.3) is 5.69 Å². The molecule has 3 rings (SSSR count). The molecular formula is C17H15N3O2. The van der Waals surface area contributed by atoms with Crippen molar-refractivity contribution in [1.29, 1.82) is 0 Å². The first-order valence-electron chi connectivity index (χ1n) is 7.05. The van der Waals surface area contributed by atoms with Crippen molar-refractivity contribution in [2.75, 3.05) is 11.9 Å². The van der Waals surface area contributed by atoms with Crippen LogP contribution in [0, 0.1) is 10.1 Å². The van der Waals surface area contributed by atoms with Gasteiger partial charge >= 0.3 is 0 Å². The molecule has 1 heterocycles. The smallest absolute Gasteiger partial charge is 0.270 e. The van der Waals surface area contributed by atoms with Gasteiger partial charge in [0.1, 0.15) is 0 Å². The number of rotatable bonds is 5. The molecule has 0 aliphatic carbocycles. The topological polar surface area (TPSA) is 68.1 Å². The number of non-ortho nitro benzene ring substituents is 1. The van der Waals surface area contributed by atoms with Crippen molar-refractivity contribution < 1.29 is 4.92 Å². The number of benzene rings is 2. The third kappa shape index (κ3) is 3.03. The normalized spacial score (nSPS) is 10.5. The Morgan fingerprint density at radius 3 is 2.68 bits per heavy atom. The summed E-state index contributed by atoms with van der Waals surface area (Å²) in [6, 6.07) is 16.7. The van der Waals surface area contributed by atoms with E-state index >= 15 is 0 Å². The van der Waals surface area contributed by atoms with Gasteiger partial charge in [0.15, 0.2) is 0 Å². The van der Waals surface area contributed by atoms with Crippen molar-refractivity contribution in [2.24, 2.45) is 0 Å². The number of hydrogen-bond donors (Lipinski definition) is 1. The minimum Gasteiger partial charge on any atom is -0.384 e. The standard InChI is InChI=1S/C17H15N3O2/c21-20(22)14-6-7-16-15(12-14)17(9-11-19-16)18-10-8-13-4-2-1-3-5-13/h1-7,9,11-12H,8,10H2,(H,18,19). The first kappa shape index (κ1) is 14.0. The molecule has 1 aromatic heterocycles. The number of pyridine rings is 1. The number of aromatic nitrogens is 1. The molecule has 0 spiro atoms. The van der Waals surface area contributed by atoms with E-state index in [1.165, 1.54) is 11.6 Å². The van der Waals surface area contributed by atoms with Gasteiger partial charge in [-0.2, -0.15) is 0 Å². The maximum absolute atomic E-state index is 10.9. The Labute approximate surface area is 127 Å². The Hall–Kier alpha value is -2.95. The number of nitro groups is 1. The second-order valence-corrected chi connectivity index (χ2v) is 4.98. The molecule has 5 nitrogen and oxygen atoms in total. The SMILES string of the molecule is O=[N+]([O-])c1ccc2nccc(NCCc3ccccc3)c2c1. The third-order valence-corrected chi connectivity index (χ3v) is 3.51. The van der Waals surface area contributed by atoms with Gasteiger partial charge in [-0.15, -0.1) is 0 Å². The van der Waals surface area contributed by atoms with Crippen LogP contribution >= 0.6 is 0 Å². The van der Waals surface area contributed by atoms with Gasteiger partial charge in [-0.3, -0.25) is 15.1 Å². The van der Waals surface area contributed by atoms with Crippen molar-refractivity contribution in [2.45, 2.75) is 6.42 Å². The molecule has 0 amide bonds. The highest BCUT2D eigenvalue weighted by molar-refractivity contribution is 5.92. The van der Waals surface area contributed by atoms with Crippen LogP contribution in [0.4, 0.5) is 11.4 Å². The molecule has 0 aliphatic heterocycles. The van der Waals surface area contributed by atoms with Crippen LogP contribution in [0.1, 0.15) is 5.56 Å². The zero-order chi connectivity index (χ0) is 15.4. The minimum atomic E-state index is -0.389. The quantitative estimate of drug-likeness (QED) is 0.574. The lowest BCUT2D eigenvalue weighted by molar-refractivity contribution is -0.384. The molecule has 1 N–H and O–H groups in total. The summed E-state index contributed by atoms with van der Waals surface area (Å²) in [5.41, 5.74) is 2.94. The van der Waals surface area contributed by atoms with E-state index in [2.05, 4.69) is 22.4 Å². The van der Waals surface area contributed by atoms with Gasteiger partial charge in [-0.1, -0.05) is 30.3 Å². The molecule has 0 unspecified atom stereocenters. The minimum absolute atomic E-state index is 0.0756. The summed E-state index contributed by atoms with van der Waals surface area (Å²) < 4.78 is 0. The molecule has 0 atom stereocenters. The van der Waals surface area contributed by atoms with Gasteiger partial charge in [0.2, 0.25) is 0 Å². The summed E-state index contributed by atoms with van der Waals surface area (Å²) in [5.74, 6) is 0. The Bertz CT molecular complexity index is 803. The van der Waals surface area contributed by atoms with Crippen LogP contribution in [0.15, 0.2) is 60.8 Å². The predicted molar refractivity (Wildman–Crippen MR) is 87.0 cm³/mol. The molecule has 5 heteroatoms. The summed E-state index contributed by atoms with van der Waals surface area (Å²) in [5, 5.41) is 15.0. The molecule has 22 heavy (non-hydrogen) atoms. The van der Waals surface area contributed by atoms with Crippen LogP contribution in [0.5, 0.6) is 0 Å². The molecule has 0 saturated carbocycles. The van der Waals surface area contributed by atoms with E-state index in [9.17, 15) is 10.1 Å². The monoisotopic (exact) mass is 293 g/mol. The Kier molecular flexibility index (Phi) is 3.96. The third-order valence-electron chi connectivity index (χ3n) is 3.51. The first-order chi connectivity index (χ1) is 10.7. The fraction of sp³-hybridized carbons (Fsp3) is 0.118. The number of nitrogens with zero attached hydrogens (tertiary/aromatic N) is 2. The van der Waals surface area contributed by atoms with Crippen LogP contribution in [0.25, 0.3) is 10.9 Å². The fourth-order valence-corrected chi connectivity index (χ4v) is 2.39. The molecule has 0 bridgehead atoms. The summed E-state index contributed by atoms with van der Waals surface area (Å²) >= 11 is 0. The first-order valence-corrected chi connectivity index (χ1v) is 7.05. The zero-order valence-corrected chi connectivity index (χ0v) is 11.9. The number of nitrogens with one attached hydrogen (secondary N) is 1.